The molecule has 2 aromatic rings. The Kier molecular flexibility index (Phi) is 3.42. The third-order valence-electron chi connectivity index (χ3n) is 2.87. The average Bonchev–Trinajstić information content (AvgIpc) is 2.31. The number of hydrogen-bond acceptors (Lipinski definition) is 1. The summed E-state index contributed by atoms with van der Waals surface area (Å²) in [6.45, 7) is 1.86. The number of benzene rings is 2. The van der Waals surface area contributed by atoms with Crippen molar-refractivity contribution in [3.8, 4) is 0 Å². The van der Waals surface area contributed by atoms with Crippen LogP contribution < -0.4 is 0 Å². The highest BCUT2D eigenvalue weighted by molar-refractivity contribution is 5.87. The molecule has 18 heavy (non-hydrogen) atoms. The lowest BCUT2D eigenvalue weighted by molar-refractivity contribution is 0.0697. The molecule has 0 unspecified atom stereocenters. The van der Waals surface area contributed by atoms with Gasteiger partial charge in [-0.05, 0) is 54.3 Å². The highest BCUT2D eigenvalue weighted by Gasteiger charge is 2.06. The maximum atomic E-state index is 13.1. The van der Waals surface area contributed by atoms with Gasteiger partial charge in [-0.2, -0.15) is 0 Å². The van der Waals surface area contributed by atoms with Gasteiger partial charge in [0.15, 0.2) is 0 Å². The van der Waals surface area contributed by atoms with Crippen LogP contribution in [0.15, 0.2) is 42.5 Å². The third-order valence-corrected chi connectivity index (χ3v) is 2.87. The number of rotatable bonds is 3. The van der Waals surface area contributed by atoms with Gasteiger partial charge in [-0.15, -0.1) is 0 Å². The quantitative estimate of drug-likeness (QED) is 0.898. The SMILES string of the molecule is Cc1cc(C(=O)O)ccc1Cc1cccc(F)c1. The number of hydrogen-bond donors (Lipinski definition) is 1. The molecular weight excluding hydrogens is 231 g/mol. The Bertz CT molecular complexity index is 591. The topological polar surface area (TPSA) is 37.3 Å². The smallest absolute Gasteiger partial charge is 0.335 e. The number of aromatic carboxylic acids is 1. The van der Waals surface area contributed by atoms with Gasteiger partial charge in [0.25, 0.3) is 0 Å². The van der Waals surface area contributed by atoms with E-state index in [0.717, 1.165) is 16.7 Å². The van der Waals surface area contributed by atoms with Crippen LogP contribution in [0.1, 0.15) is 27.0 Å². The van der Waals surface area contributed by atoms with Gasteiger partial charge in [0.05, 0.1) is 5.56 Å². The first-order chi connectivity index (χ1) is 8.56. The van der Waals surface area contributed by atoms with Crippen LogP contribution in [0.5, 0.6) is 0 Å². The van der Waals surface area contributed by atoms with Gasteiger partial charge in [0.1, 0.15) is 5.82 Å². The van der Waals surface area contributed by atoms with Crippen LogP contribution in [-0.2, 0) is 6.42 Å². The zero-order valence-electron chi connectivity index (χ0n) is 9.98. The Morgan fingerprint density at radius 1 is 1.22 bits per heavy atom. The zero-order chi connectivity index (χ0) is 13.1. The van der Waals surface area contributed by atoms with Crippen molar-refractivity contribution in [2.75, 3.05) is 0 Å². The van der Waals surface area contributed by atoms with E-state index in [1.54, 1.807) is 24.3 Å². The number of carbonyl (C=O) groups is 1. The maximum Gasteiger partial charge on any atom is 0.335 e. The minimum Gasteiger partial charge on any atom is -0.478 e. The Balaban J connectivity index is 2.27. The van der Waals surface area contributed by atoms with Crippen LogP contribution in [0, 0.1) is 12.7 Å². The first-order valence-electron chi connectivity index (χ1n) is 5.63. The van der Waals surface area contributed by atoms with Crippen LogP contribution in [0.4, 0.5) is 4.39 Å². The number of halogens is 1. The number of aryl methyl sites for hydroxylation is 1. The fourth-order valence-corrected chi connectivity index (χ4v) is 1.89. The highest BCUT2D eigenvalue weighted by Crippen LogP contribution is 2.16. The van der Waals surface area contributed by atoms with Crippen molar-refractivity contribution in [1.29, 1.82) is 0 Å². The van der Waals surface area contributed by atoms with Crippen LogP contribution in [-0.4, -0.2) is 11.1 Å². The summed E-state index contributed by atoms with van der Waals surface area (Å²) in [5, 5.41) is 8.88. The van der Waals surface area contributed by atoms with E-state index in [1.165, 1.54) is 12.1 Å². The molecule has 0 aliphatic carbocycles. The average molecular weight is 244 g/mol. The van der Waals surface area contributed by atoms with Crippen molar-refractivity contribution in [2.24, 2.45) is 0 Å². The molecule has 92 valence electrons. The summed E-state index contributed by atoms with van der Waals surface area (Å²) >= 11 is 0. The van der Waals surface area contributed by atoms with Gasteiger partial charge in [-0.25, -0.2) is 9.18 Å². The standard InChI is InChI=1S/C15H13FO2/c1-10-7-13(15(17)18)6-5-12(10)8-11-3-2-4-14(16)9-11/h2-7,9H,8H2,1H3,(H,17,18). The summed E-state index contributed by atoms with van der Waals surface area (Å²) < 4.78 is 13.1. The molecule has 1 N–H and O–H groups in total. The van der Waals surface area contributed by atoms with E-state index in [1.807, 2.05) is 13.0 Å². The molecule has 2 rings (SSSR count). The lowest BCUT2D eigenvalue weighted by Gasteiger charge is -2.07. The Labute approximate surface area is 105 Å². The number of carboxylic acids is 1. The van der Waals surface area contributed by atoms with Crippen molar-refractivity contribution in [3.05, 3.63) is 70.5 Å². The predicted molar refractivity (Wildman–Crippen MR) is 67.3 cm³/mol. The second-order valence-electron chi connectivity index (χ2n) is 4.25. The second kappa shape index (κ2) is 5.00. The molecule has 0 fully saturated rings. The van der Waals surface area contributed by atoms with E-state index >= 15 is 0 Å². The van der Waals surface area contributed by atoms with E-state index in [9.17, 15) is 9.18 Å². The van der Waals surface area contributed by atoms with E-state index in [0.29, 0.717) is 6.42 Å². The highest BCUT2D eigenvalue weighted by atomic mass is 19.1. The Morgan fingerprint density at radius 3 is 2.61 bits per heavy atom. The summed E-state index contributed by atoms with van der Waals surface area (Å²) in [5.74, 6) is -1.19. The minimum absolute atomic E-state index is 0.257. The molecular formula is C15H13FO2. The van der Waals surface area contributed by atoms with Gasteiger partial charge >= 0.3 is 5.97 Å². The van der Waals surface area contributed by atoms with E-state index in [2.05, 4.69) is 0 Å². The monoisotopic (exact) mass is 244 g/mol. The molecule has 3 heteroatoms. The van der Waals surface area contributed by atoms with Gasteiger partial charge < -0.3 is 5.11 Å². The molecule has 2 nitrogen and oxygen atoms in total. The van der Waals surface area contributed by atoms with Crippen LogP contribution >= 0.6 is 0 Å². The van der Waals surface area contributed by atoms with Crippen molar-refractivity contribution in [2.45, 2.75) is 13.3 Å². The van der Waals surface area contributed by atoms with Gasteiger partial charge in [-0.1, -0.05) is 18.2 Å². The van der Waals surface area contributed by atoms with E-state index in [-0.39, 0.29) is 11.4 Å². The summed E-state index contributed by atoms with van der Waals surface area (Å²) in [5.41, 5.74) is 3.06. The van der Waals surface area contributed by atoms with Gasteiger partial charge in [-0.3, -0.25) is 0 Å². The largest absolute Gasteiger partial charge is 0.478 e. The summed E-state index contributed by atoms with van der Waals surface area (Å²) in [7, 11) is 0. The molecule has 0 saturated carbocycles. The zero-order valence-corrected chi connectivity index (χ0v) is 9.98. The van der Waals surface area contributed by atoms with Crippen LogP contribution in [0.25, 0.3) is 0 Å². The normalized spacial score (nSPS) is 10.3. The molecule has 0 aromatic heterocycles. The summed E-state index contributed by atoms with van der Waals surface area (Å²) in [6.07, 6.45) is 0.601. The predicted octanol–water partition coefficient (Wildman–Crippen LogP) is 3.42. The third kappa shape index (κ3) is 2.74. The van der Waals surface area contributed by atoms with Crippen LogP contribution in [0.2, 0.25) is 0 Å². The summed E-state index contributed by atoms with van der Waals surface area (Å²) in [6, 6.07) is 11.4. The minimum atomic E-state index is -0.935. The van der Waals surface area contributed by atoms with Crippen molar-refractivity contribution >= 4 is 5.97 Å². The lowest BCUT2D eigenvalue weighted by Crippen LogP contribution is -1.99. The molecule has 0 atom stereocenters. The molecule has 0 heterocycles. The summed E-state index contributed by atoms with van der Waals surface area (Å²) in [4.78, 5) is 10.8. The van der Waals surface area contributed by atoms with Crippen molar-refractivity contribution in [1.82, 2.24) is 0 Å². The molecule has 0 aliphatic rings. The molecule has 0 bridgehead atoms. The fourth-order valence-electron chi connectivity index (χ4n) is 1.89. The Hall–Kier alpha value is -2.16. The Morgan fingerprint density at radius 2 is 2.00 bits per heavy atom. The molecule has 0 aliphatic heterocycles. The second-order valence-corrected chi connectivity index (χ2v) is 4.25. The van der Waals surface area contributed by atoms with Crippen molar-refractivity contribution in [3.63, 3.8) is 0 Å². The van der Waals surface area contributed by atoms with Gasteiger partial charge in [0, 0.05) is 0 Å². The van der Waals surface area contributed by atoms with Crippen LogP contribution in [0.3, 0.4) is 0 Å². The first kappa shape index (κ1) is 12.3. The molecule has 0 saturated heterocycles. The molecule has 0 amide bonds. The van der Waals surface area contributed by atoms with Gasteiger partial charge in [0.2, 0.25) is 0 Å². The van der Waals surface area contributed by atoms with E-state index < -0.39 is 5.97 Å². The molecule has 0 radical (unpaired) electrons. The molecule has 2 aromatic carbocycles. The lowest BCUT2D eigenvalue weighted by atomic mass is 9.98. The van der Waals surface area contributed by atoms with E-state index in [4.69, 9.17) is 5.11 Å². The first-order valence-corrected chi connectivity index (χ1v) is 5.63. The fraction of sp³-hybridized carbons (Fsp3) is 0.133. The van der Waals surface area contributed by atoms with Crippen molar-refractivity contribution < 1.29 is 14.3 Å². The molecule has 0 spiro atoms. The maximum absolute atomic E-state index is 13.1. The number of carboxylic acid groups (broad SMARTS) is 1.